The molecule has 0 aromatic heterocycles. The molecule has 0 fully saturated rings. The van der Waals surface area contributed by atoms with Crippen LogP contribution in [0.2, 0.25) is 0 Å². The highest BCUT2D eigenvalue weighted by molar-refractivity contribution is 5.89. The van der Waals surface area contributed by atoms with Crippen molar-refractivity contribution in [2.24, 2.45) is 0 Å². The Balaban J connectivity index is 2.99. The van der Waals surface area contributed by atoms with Crippen LogP contribution in [0.15, 0.2) is 30.3 Å². The van der Waals surface area contributed by atoms with E-state index in [2.05, 4.69) is 0 Å². The van der Waals surface area contributed by atoms with Crippen molar-refractivity contribution in [1.82, 2.24) is 0 Å². The molecule has 0 saturated heterocycles. The molecule has 1 N–H and O–H groups in total. The zero-order valence-electron chi connectivity index (χ0n) is 8.53. The number of carboxylic acids is 1. The molecule has 0 aliphatic heterocycles. The predicted octanol–water partition coefficient (Wildman–Crippen LogP) is 3.09. The van der Waals surface area contributed by atoms with E-state index in [4.69, 9.17) is 5.11 Å². The predicted molar refractivity (Wildman–Crippen MR) is 56.9 cm³/mol. The molecule has 0 saturated carbocycles. The van der Waals surface area contributed by atoms with Crippen LogP contribution < -0.4 is 0 Å². The smallest absolute Gasteiger partial charge is 0.328 e. The van der Waals surface area contributed by atoms with Crippen LogP contribution in [-0.4, -0.2) is 11.1 Å². The lowest BCUT2D eigenvalue weighted by Crippen LogP contribution is -1.93. The first-order valence-corrected chi connectivity index (χ1v) is 4.83. The second-order valence-corrected chi connectivity index (χ2v) is 3.26. The van der Waals surface area contributed by atoms with Crippen molar-refractivity contribution < 1.29 is 14.3 Å². The van der Waals surface area contributed by atoms with Crippen molar-refractivity contribution in [2.75, 3.05) is 0 Å². The second-order valence-electron chi connectivity index (χ2n) is 3.26. The Kier molecular flexibility index (Phi) is 4.03. The molecule has 3 heteroatoms. The zero-order chi connectivity index (χ0) is 11.3. The minimum absolute atomic E-state index is 0.315. The molecule has 80 valence electrons. The van der Waals surface area contributed by atoms with E-state index < -0.39 is 5.97 Å². The number of hydrogen-bond acceptors (Lipinski definition) is 1. The molecule has 15 heavy (non-hydrogen) atoms. The Labute approximate surface area is 88.1 Å². The Morgan fingerprint density at radius 1 is 1.40 bits per heavy atom. The van der Waals surface area contributed by atoms with Gasteiger partial charge in [-0.2, -0.15) is 0 Å². The Morgan fingerprint density at radius 3 is 2.47 bits per heavy atom. The van der Waals surface area contributed by atoms with Crippen LogP contribution in [0, 0.1) is 5.82 Å². The normalized spacial score (nSPS) is 11.5. The summed E-state index contributed by atoms with van der Waals surface area (Å²) in [6.07, 6.45) is 2.71. The highest BCUT2D eigenvalue weighted by Gasteiger charge is 2.03. The van der Waals surface area contributed by atoms with Gasteiger partial charge in [-0.25, -0.2) is 9.18 Å². The van der Waals surface area contributed by atoms with Gasteiger partial charge in [0.2, 0.25) is 0 Å². The lowest BCUT2D eigenvalue weighted by Gasteiger charge is -2.05. The average molecular weight is 208 g/mol. The summed E-state index contributed by atoms with van der Waals surface area (Å²) < 4.78 is 12.7. The third-order valence-corrected chi connectivity index (χ3v) is 2.03. The van der Waals surface area contributed by atoms with Gasteiger partial charge < -0.3 is 5.11 Å². The summed E-state index contributed by atoms with van der Waals surface area (Å²) in [5.74, 6) is -1.28. The zero-order valence-corrected chi connectivity index (χ0v) is 8.53. The monoisotopic (exact) mass is 208 g/mol. The van der Waals surface area contributed by atoms with Gasteiger partial charge in [0.15, 0.2) is 0 Å². The van der Waals surface area contributed by atoms with Gasteiger partial charge in [-0.15, -0.1) is 0 Å². The van der Waals surface area contributed by atoms with Crippen molar-refractivity contribution in [3.8, 4) is 0 Å². The Hall–Kier alpha value is -1.64. The van der Waals surface area contributed by atoms with E-state index >= 15 is 0 Å². The van der Waals surface area contributed by atoms with E-state index in [0.717, 1.165) is 17.6 Å². The maximum Gasteiger partial charge on any atom is 0.328 e. The molecule has 0 aliphatic rings. The minimum Gasteiger partial charge on any atom is -0.478 e. The summed E-state index contributed by atoms with van der Waals surface area (Å²) in [5, 5.41) is 8.68. The molecule has 0 bridgehead atoms. The number of carboxylic acid groups (broad SMARTS) is 1. The second kappa shape index (κ2) is 5.29. The van der Waals surface area contributed by atoms with Gasteiger partial charge in [-0.3, -0.25) is 0 Å². The van der Waals surface area contributed by atoms with Crippen LogP contribution in [0.1, 0.15) is 25.3 Å². The summed E-state index contributed by atoms with van der Waals surface area (Å²) in [6, 6.07) is 5.86. The average Bonchev–Trinajstić information content (AvgIpc) is 2.17. The molecule has 1 rings (SSSR count). The van der Waals surface area contributed by atoms with Crippen molar-refractivity contribution in [3.63, 3.8) is 0 Å². The van der Waals surface area contributed by atoms with Gasteiger partial charge in [0.05, 0.1) is 0 Å². The summed E-state index contributed by atoms with van der Waals surface area (Å²) >= 11 is 0. The van der Waals surface area contributed by atoms with E-state index in [1.54, 1.807) is 12.1 Å². The van der Waals surface area contributed by atoms with Crippen LogP contribution in [0.5, 0.6) is 0 Å². The van der Waals surface area contributed by atoms with Gasteiger partial charge >= 0.3 is 5.97 Å². The molecule has 0 unspecified atom stereocenters. The lowest BCUT2D eigenvalue weighted by atomic mass is 10.0. The van der Waals surface area contributed by atoms with Crippen LogP contribution in [0.4, 0.5) is 4.39 Å². The summed E-state index contributed by atoms with van der Waals surface area (Å²) in [5.41, 5.74) is 1.49. The molecule has 1 aromatic rings. The van der Waals surface area contributed by atoms with Crippen LogP contribution in [0.25, 0.3) is 5.57 Å². The van der Waals surface area contributed by atoms with Gasteiger partial charge in [0.25, 0.3) is 0 Å². The third kappa shape index (κ3) is 3.54. The fourth-order valence-electron chi connectivity index (χ4n) is 1.38. The number of carbonyl (C=O) groups is 1. The van der Waals surface area contributed by atoms with Crippen molar-refractivity contribution >= 4 is 11.5 Å². The number of allylic oxidation sites excluding steroid dienone is 1. The SMILES string of the molecule is CCC/C(=C\C(=O)O)c1ccc(F)cc1. The minimum atomic E-state index is -0.970. The van der Waals surface area contributed by atoms with Gasteiger partial charge in [0.1, 0.15) is 5.82 Å². The molecule has 2 nitrogen and oxygen atoms in total. The lowest BCUT2D eigenvalue weighted by molar-refractivity contribution is -0.131. The molecule has 0 radical (unpaired) electrons. The van der Waals surface area contributed by atoms with E-state index in [9.17, 15) is 9.18 Å². The van der Waals surface area contributed by atoms with E-state index in [-0.39, 0.29) is 5.82 Å². The molecule has 0 amide bonds. The Bertz CT molecular complexity index is 366. The molecular formula is C12H13FO2. The largest absolute Gasteiger partial charge is 0.478 e. The standard InChI is InChI=1S/C12H13FO2/c1-2-3-10(8-12(14)15)9-4-6-11(13)7-5-9/h4-8H,2-3H2,1H3,(H,14,15)/b10-8+. The summed E-state index contributed by atoms with van der Waals surface area (Å²) in [7, 11) is 0. The van der Waals surface area contributed by atoms with Crippen molar-refractivity contribution in [1.29, 1.82) is 0 Å². The number of benzene rings is 1. The molecule has 0 atom stereocenters. The summed E-state index contributed by atoms with van der Waals surface area (Å²) in [6.45, 7) is 1.97. The number of aliphatic carboxylic acids is 1. The van der Waals surface area contributed by atoms with E-state index in [0.29, 0.717) is 6.42 Å². The summed E-state index contributed by atoms with van der Waals surface area (Å²) in [4.78, 5) is 10.6. The van der Waals surface area contributed by atoms with Crippen molar-refractivity contribution in [2.45, 2.75) is 19.8 Å². The number of rotatable bonds is 4. The maximum atomic E-state index is 12.7. The molecule has 1 aromatic carbocycles. The maximum absolute atomic E-state index is 12.7. The first-order chi connectivity index (χ1) is 7.13. The van der Waals surface area contributed by atoms with Crippen LogP contribution in [-0.2, 0) is 4.79 Å². The Morgan fingerprint density at radius 2 is 2.00 bits per heavy atom. The van der Waals surface area contributed by atoms with Gasteiger partial charge in [-0.1, -0.05) is 25.5 Å². The fraction of sp³-hybridized carbons (Fsp3) is 0.250. The molecule has 0 aliphatic carbocycles. The first kappa shape index (κ1) is 11.4. The third-order valence-electron chi connectivity index (χ3n) is 2.03. The first-order valence-electron chi connectivity index (χ1n) is 4.83. The highest BCUT2D eigenvalue weighted by atomic mass is 19.1. The van der Waals surface area contributed by atoms with Gasteiger partial charge in [-0.05, 0) is 29.7 Å². The van der Waals surface area contributed by atoms with Crippen LogP contribution >= 0.6 is 0 Å². The van der Waals surface area contributed by atoms with E-state index in [1.165, 1.54) is 18.2 Å². The van der Waals surface area contributed by atoms with Crippen molar-refractivity contribution in [3.05, 3.63) is 41.7 Å². The number of halogens is 1. The highest BCUT2D eigenvalue weighted by Crippen LogP contribution is 2.19. The van der Waals surface area contributed by atoms with E-state index in [1.807, 2.05) is 6.92 Å². The van der Waals surface area contributed by atoms with Crippen LogP contribution in [0.3, 0.4) is 0 Å². The topological polar surface area (TPSA) is 37.3 Å². The fourth-order valence-corrected chi connectivity index (χ4v) is 1.38. The quantitative estimate of drug-likeness (QED) is 0.772. The molecular weight excluding hydrogens is 195 g/mol. The van der Waals surface area contributed by atoms with Gasteiger partial charge in [0, 0.05) is 6.08 Å². The number of hydrogen-bond donors (Lipinski definition) is 1. The molecule has 0 spiro atoms. The molecule has 0 heterocycles.